The molecule has 2 aromatic rings. The third-order valence-electron chi connectivity index (χ3n) is 3.25. The Labute approximate surface area is 112 Å². The number of nitrogens with one attached hydrogen (secondary N) is 1. The Morgan fingerprint density at radius 1 is 1.33 bits per heavy atom. The van der Waals surface area contributed by atoms with Gasteiger partial charge in [0.2, 0.25) is 0 Å². The summed E-state index contributed by atoms with van der Waals surface area (Å²) < 4.78 is 2.15. The van der Waals surface area contributed by atoms with Gasteiger partial charge in [0.05, 0.1) is 18.6 Å². The number of aromatic nitrogens is 2. The molecule has 94 valence electrons. The van der Waals surface area contributed by atoms with Crippen LogP contribution in [0, 0.1) is 0 Å². The van der Waals surface area contributed by atoms with Crippen LogP contribution in [0.25, 0.3) is 0 Å². The average Bonchev–Trinajstić information content (AvgIpc) is 3.10. The number of hydrogen-bond donors (Lipinski definition) is 1. The van der Waals surface area contributed by atoms with E-state index in [0.29, 0.717) is 6.04 Å². The minimum atomic E-state index is 0.716. The minimum absolute atomic E-state index is 0.716. The van der Waals surface area contributed by atoms with Crippen LogP contribution in [-0.4, -0.2) is 15.6 Å². The molecule has 1 N–H and O–H groups in total. The lowest BCUT2D eigenvalue weighted by Gasteiger charge is -2.10. The lowest BCUT2D eigenvalue weighted by molar-refractivity contribution is 0.634. The molecule has 1 fully saturated rings. The Hall–Kier alpha value is -1.32. The molecule has 3 rings (SSSR count). The van der Waals surface area contributed by atoms with Gasteiger partial charge in [0.1, 0.15) is 0 Å². The molecule has 0 unspecified atom stereocenters. The fourth-order valence-corrected chi connectivity index (χ4v) is 2.18. The van der Waals surface area contributed by atoms with E-state index >= 15 is 0 Å². The Kier molecular flexibility index (Phi) is 3.35. The highest BCUT2D eigenvalue weighted by Gasteiger charge is 2.20. The molecule has 0 saturated heterocycles. The van der Waals surface area contributed by atoms with Crippen LogP contribution in [0.2, 0.25) is 5.02 Å². The van der Waals surface area contributed by atoms with E-state index in [9.17, 15) is 0 Å². The second kappa shape index (κ2) is 5.12. The van der Waals surface area contributed by atoms with Crippen molar-refractivity contribution in [1.82, 2.24) is 14.9 Å². The van der Waals surface area contributed by atoms with Crippen LogP contribution in [0.15, 0.2) is 36.8 Å². The summed E-state index contributed by atoms with van der Waals surface area (Å²) in [6.07, 6.45) is 6.40. The molecule has 4 heteroatoms. The lowest BCUT2D eigenvalue weighted by Crippen LogP contribution is -2.18. The van der Waals surface area contributed by atoms with Crippen molar-refractivity contribution in [2.75, 3.05) is 0 Å². The fourth-order valence-electron chi connectivity index (χ4n) is 1.98. The molecule has 0 bridgehead atoms. The van der Waals surface area contributed by atoms with Crippen molar-refractivity contribution >= 4 is 11.6 Å². The molecule has 1 heterocycles. The SMILES string of the molecule is Clc1ccccc1Cn1cncc1CNC1CC1. The molecule has 1 aliphatic rings. The highest BCUT2D eigenvalue weighted by molar-refractivity contribution is 6.31. The highest BCUT2D eigenvalue weighted by Crippen LogP contribution is 2.20. The maximum absolute atomic E-state index is 6.18. The van der Waals surface area contributed by atoms with Crippen molar-refractivity contribution in [3.8, 4) is 0 Å². The second-order valence-electron chi connectivity index (χ2n) is 4.76. The van der Waals surface area contributed by atoms with Gasteiger partial charge in [0.25, 0.3) is 0 Å². The summed E-state index contributed by atoms with van der Waals surface area (Å²) in [4.78, 5) is 4.23. The summed E-state index contributed by atoms with van der Waals surface area (Å²) in [5.41, 5.74) is 2.34. The quantitative estimate of drug-likeness (QED) is 0.897. The van der Waals surface area contributed by atoms with Crippen molar-refractivity contribution in [3.63, 3.8) is 0 Å². The molecule has 0 amide bonds. The summed E-state index contributed by atoms with van der Waals surface area (Å²) in [7, 11) is 0. The molecule has 0 atom stereocenters. The van der Waals surface area contributed by atoms with Gasteiger partial charge in [-0.1, -0.05) is 29.8 Å². The number of nitrogens with zero attached hydrogens (tertiary/aromatic N) is 2. The molecule has 0 spiro atoms. The predicted octanol–water partition coefficient (Wildman–Crippen LogP) is 2.84. The van der Waals surface area contributed by atoms with Gasteiger partial charge >= 0.3 is 0 Å². The van der Waals surface area contributed by atoms with Crippen LogP contribution in [0.4, 0.5) is 0 Å². The van der Waals surface area contributed by atoms with Gasteiger partial charge in [0.15, 0.2) is 0 Å². The summed E-state index contributed by atoms with van der Waals surface area (Å²) in [6.45, 7) is 1.66. The van der Waals surface area contributed by atoms with Crippen molar-refractivity contribution in [1.29, 1.82) is 0 Å². The topological polar surface area (TPSA) is 29.9 Å². The van der Waals surface area contributed by atoms with E-state index in [1.807, 2.05) is 30.7 Å². The molecule has 0 aliphatic heterocycles. The number of halogens is 1. The molecule has 1 aromatic heterocycles. The lowest BCUT2D eigenvalue weighted by atomic mass is 10.2. The summed E-state index contributed by atoms with van der Waals surface area (Å²) in [6, 6.07) is 8.67. The van der Waals surface area contributed by atoms with E-state index in [1.165, 1.54) is 18.5 Å². The van der Waals surface area contributed by atoms with Crippen molar-refractivity contribution < 1.29 is 0 Å². The highest BCUT2D eigenvalue weighted by atomic mass is 35.5. The second-order valence-corrected chi connectivity index (χ2v) is 5.17. The van der Waals surface area contributed by atoms with Gasteiger partial charge in [-0.3, -0.25) is 0 Å². The van der Waals surface area contributed by atoms with Gasteiger partial charge in [-0.25, -0.2) is 4.98 Å². The Morgan fingerprint density at radius 3 is 2.94 bits per heavy atom. The summed E-state index contributed by atoms with van der Waals surface area (Å²) in [5, 5.41) is 4.32. The first-order valence-electron chi connectivity index (χ1n) is 6.29. The van der Waals surface area contributed by atoms with E-state index in [1.54, 1.807) is 0 Å². The monoisotopic (exact) mass is 261 g/mol. The first-order chi connectivity index (χ1) is 8.83. The van der Waals surface area contributed by atoms with Crippen molar-refractivity contribution in [2.24, 2.45) is 0 Å². The van der Waals surface area contributed by atoms with Crippen LogP contribution >= 0.6 is 11.6 Å². The number of imidazole rings is 1. The van der Waals surface area contributed by atoms with E-state index in [-0.39, 0.29) is 0 Å². The fraction of sp³-hybridized carbons (Fsp3) is 0.357. The van der Waals surface area contributed by atoms with E-state index < -0.39 is 0 Å². The molecule has 0 radical (unpaired) electrons. The Bertz CT molecular complexity index is 531. The van der Waals surface area contributed by atoms with Crippen LogP contribution in [0.1, 0.15) is 24.1 Å². The first kappa shape index (κ1) is 11.8. The predicted molar refractivity (Wildman–Crippen MR) is 72.6 cm³/mol. The molecule has 1 aliphatic carbocycles. The van der Waals surface area contributed by atoms with E-state index in [2.05, 4.69) is 20.9 Å². The standard InChI is InChI=1S/C14H16ClN3/c15-14-4-2-1-3-11(14)9-18-10-16-7-13(18)8-17-12-5-6-12/h1-4,7,10,12,17H,5-6,8-9H2. The molecule has 1 saturated carbocycles. The van der Waals surface area contributed by atoms with Crippen LogP contribution in [0.5, 0.6) is 0 Å². The van der Waals surface area contributed by atoms with Gasteiger partial charge in [-0.15, -0.1) is 0 Å². The number of hydrogen-bond acceptors (Lipinski definition) is 2. The van der Waals surface area contributed by atoms with Crippen molar-refractivity contribution in [2.45, 2.75) is 32.0 Å². The zero-order chi connectivity index (χ0) is 12.4. The summed E-state index contributed by atoms with van der Waals surface area (Å²) in [5.74, 6) is 0. The van der Waals surface area contributed by atoms with Gasteiger partial charge in [-0.05, 0) is 24.5 Å². The summed E-state index contributed by atoms with van der Waals surface area (Å²) >= 11 is 6.18. The Morgan fingerprint density at radius 2 is 2.17 bits per heavy atom. The smallest absolute Gasteiger partial charge is 0.0951 e. The zero-order valence-corrected chi connectivity index (χ0v) is 10.9. The molecule has 1 aromatic carbocycles. The first-order valence-corrected chi connectivity index (χ1v) is 6.66. The maximum Gasteiger partial charge on any atom is 0.0951 e. The molecule has 3 nitrogen and oxygen atoms in total. The Balaban J connectivity index is 1.71. The third-order valence-corrected chi connectivity index (χ3v) is 3.61. The minimum Gasteiger partial charge on any atom is -0.329 e. The van der Waals surface area contributed by atoms with Crippen molar-refractivity contribution in [3.05, 3.63) is 53.1 Å². The van der Waals surface area contributed by atoms with Gasteiger partial charge < -0.3 is 9.88 Å². The molecular formula is C14H16ClN3. The molecular weight excluding hydrogens is 246 g/mol. The average molecular weight is 262 g/mol. The third kappa shape index (κ3) is 2.74. The zero-order valence-electron chi connectivity index (χ0n) is 10.1. The maximum atomic E-state index is 6.18. The largest absolute Gasteiger partial charge is 0.329 e. The van der Waals surface area contributed by atoms with Crippen LogP contribution in [-0.2, 0) is 13.1 Å². The normalized spacial score (nSPS) is 14.9. The molecule has 18 heavy (non-hydrogen) atoms. The van der Waals surface area contributed by atoms with Crippen LogP contribution in [0.3, 0.4) is 0 Å². The van der Waals surface area contributed by atoms with Crippen LogP contribution < -0.4 is 5.32 Å². The van der Waals surface area contributed by atoms with E-state index in [4.69, 9.17) is 11.6 Å². The van der Waals surface area contributed by atoms with Gasteiger partial charge in [0, 0.05) is 23.8 Å². The number of benzene rings is 1. The number of rotatable bonds is 5. The van der Waals surface area contributed by atoms with Gasteiger partial charge in [-0.2, -0.15) is 0 Å². The van der Waals surface area contributed by atoms with E-state index in [0.717, 1.165) is 23.7 Å².